The van der Waals surface area contributed by atoms with Crippen LogP contribution in [0.2, 0.25) is 0 Å². The number of urea groups is 1. The number of amides is 10. The summed E-state index contributed by atoms with van der Waals surface area (Å²) in [5.41, 5.74) is 1.69. The van der Waals surface area contributed by atoms with Crippen molar-refractivity contribution in [1.29, 1.82) is 0 Å². The Morgan fingerprint density at radius 2 is 0.991 bits per heavy atom. The minimum Gasteiger partial charge on any atom is -0.481 e. The van der Waals surface area contributed by atoms with Gasteiger partial charge in [-0.05, 0) is 146 Å². The quantitative estimate of drug-likeness (QED) is 0.0214. The van der Waals surface area contributed by atoms with Crippen molar-refractivity contribution >= 4 is 122 Å². The third-order valence-corrected chi connectivity index (χ3v) is 21.1. The van der Waals surface area contributed by atoms with E-state index in [9.17, 15) is 113 Å². The van der Waals surface area contributed by atoms with Crippen LogP contribution in [0.5, 0.6) is 0 Å². The number of fused-ring (bicyclic) bond motifs is 1. The highest BCUT2D eigenvalue weighted by molar-refractivity contribution is 14.1. The SMILES string of the molecule is CC(=O)N[C@@H]1[C@@H](O)[C@H](O)[C@@H](CO)O[C@@H]1NC(=O)CC(NC(=O)CCCc1ccc(I)cc1)C(=O)NCCCCC(NC(=O)CN1CCN(CC(=O)O)CCN(CC(=O)O)CCN(CC(=O)O)CC1)C(=O)NCC1CCC(C(=O)NC(Cc2ccc3ccccc3c2)C(=O)NCCCCC(NC(=O)NC(CCC(=O)O)C(=O)O)C(=O)O)CC1. The van der Waals surface area contributed by atoms with E-state index < -0.39 is 195 Å². The van der Waals surface area contributed by atoms with Gasteiger partial charge in [-0.3, -0.25) is 77.1 Å². The van der Waals surface area contributed by atoms with E-state index in [2.05, 4.69) is 75.8 Å². The Morgan fingerprint density at radius 3 is 1.52 bits per heavy atom. The standard InChI is InChI=1S/C77H111IN14O25/c1-46(94)82-67-69(107)68(106)59(45-93)117-74(67)88-61(96)39-58(84-60(95)14-8-9-47-18-23-53(78)24-19-47)73(111)80-27-6-4-12-54(83-62(97)41-89-29-31-90(42-64(100)101)33-35-92(44-66(104)105)36-34-91(32-30-89)43-65(102)103)71(109)81-40-48-15-21-51(22-16-48)70(108)85-57(38-49-17-20-50-10-2-3-11-52(50)37-49)72(110)79-28-7-5-13-55(75(112)113)86-77(116)87-56(76(114)115)25-26-63(98)99/h2-3,10-11,17-20,23-24,37,48,51,54-59,67-69,74,93,106-107H,4-9,12-16,21-22,25-36,38-45H2,1H3,(H,79,110)(H,80,111)(H,81,109)(H,82,94)(H,83,97)(H,84,95)(H,85,108)(H,88,96)(H,98,99)(H,100,101)(H,102,103)(H,104,105)(H,112,113)(H,114,115)(H2,86,87,116)/t48?,51?,54?,55?,56?,57?,58?,59-,67-,68-,69-,74+/m1/s1. The van der Waals surface area contributed by atoms with Gasteiger partial charge in [0, 0.05) is 108 Å². The first-order chi connectivity index (χ1) is 55.7. The number of carboxylic acids is 6. The molecule has 10 amide bonds. The molecule has 3 aromatic rings. The van der Waals surface area contributed by atoms with Crippen molar-refractivity contribution in [3.05, 3.63) is 81.4 Å². The molecule has 3 fully saturated rings. The number of rotatable bonds is 45. The van der Waals surface area contributed by atoms with Crippen molar-refractivity contribution in [3.63, 3.8) is 0 Å². The molecule has 3 aliphatic rings. The fourth-order valence-electron chi connectivity index (χ4n) is 14.0. The number of nitrogens with zero attached hydrogens (tertiary/aromatic N) is 4. The van der Waals surface area contributed by atoms with Gasteiger partial charge in [-0.1, -0.05) is 54.6 Å². The van der Waals surface area contributed by atoms with Crippen molar-refractivity contribution < 1.29 is 123 Å². The second-order valence-corrected chi connectivity index (χ2v) is 30.8. The summed E-state index contributed by atoms with van der Waals surface area (Å²) in [5.74, 6) is -13.5. The lowest BCUT2D eigenvalue weighted by molar-refractivity contribution is -0.203. The number of benzene rings is 3. The summed E-state index contributed by atoms with van der Waals surface area (Å²) in [5, 5.41) is 117. The lowest BCUT2D eigenvalue weighted by atomic mass is 9.81. The summed E-state index contributed by atoms with van der Waals surface area (Å²) in [6, 6.07) is 11.4. The molecule has 40 heteroatoms. The zero-order chi connectivity index (χ0) is 85.7. The fourth-order valence-corrected chi connectivity index (χ4v) is 14.3. The van der Waals surface area contributed by atoms with Crippen molar-refractivity contribution in [2.24, 2.45) is 11.8 Å². The molecule has 0 aromatic heterocycles. The van der Waals surface area contributed by atoms with Crippen LogP contribution in [0.1, 0.15) is 114 Å². The van der Waals surface area contributed by atoms with Crippen LogP contribution in [0.3, 0.4) is 0 Å². The Balaban J connectivity index is 1.13. The molecule has 2 aliphatic heterocycles. The molecule has 2 saturated heterocycles. The zero-order valence-electron chi connectivity index (χ0n) is 65.3. The van der Waals surface area contributed by atoms with Gasteiger partial charge in [-0.15, -0.1) is 0 Å². The van der Waals surface area contributed by atoms with E-state index in [0.717, 1.165) is 32.4 Å². The first kappa shape index (κ1) is 96.0. The van der Waals surface area contributed by atoms with Crippen LogP contribution in [-0.4, -0.2) is 320 Å². The highest BCUT2D eigenvalue weighted by Gasteiger charge is 2.46. The summed E-state index contributed by atoms with van der Waals surface area (Å²) in [6.45, 7) is -0.344. The van der Waals surface area contributed by atoms with Crippen molar-refractivity contribution in [2.75, 3.05) is 105 Å². The van der Waals surface area contributed by atoms with Crippen LogP contribution in [0.15, 0.2) is 66.7 Å². The number of aliphatic hydroxyl groups excluding tert-OH is 3. The molecule has 0 spiro atoms. The van der Waals surface area contributed by atoms with E-state index in [4.69, 9.17) is 9.84 Å². The highest BCUT2D eigenvalue weighted by atomic mass is 127. The first-order valence-electron chi connectivity index (χ1n) is 39.1. The van der Waals surface area contributed by atoms with E-state index in [1.165, 1.54) is 0 Å². The first-order valence-corrected chi connectivity index (χ1v) is 40.2. The molecular formula is C77H111IN14O25. The van der Waals surface area contributed by atoms with Gasteiger partial charge in [0.2, 0.25) is 47.3 Å². The average Bonchev–Trinajstić information content (AvgIpc) is 0.808. The number of halogens is 1. The topological polar surface area (TPSA) is 581 Å². The molecule has 0 radical (unpaired) electrons. The predicted molar refractivity (Wildman–Crippen MR) is 426 cm³/mol. The Labute approximate surface area is 689 Å². The molecule has 6 rings (SSSR count). The Kier molecular flexibility index (Phi) is 41.1. The molecule has 0 bridgehead atoms. The number of hydrogen-bond acceptors (Lipinski definition) is 23. The number of hydrogen-bond donors (Lipinski definition) is 19. The zero-order valence-corrected chi connectivity index (χ0v) is 67.5. The summed E-state index contributed by atoms with van der Waals surface area (Å²) < 4.78 is 6.67. The van der Waals surface area contributed by atoms with Gasteiger partial charge >= 0.3 is 41.8 Å². The number of aliphatic hydroxyl groups is 3. The molecule has 646 valence electrons. The second kappa shape index (κ2) is 50.1. The van der Waals surface area contributed by atoms with Crippen LogP contribution in [-0.2, 0) is 84.7 Å². The van der Waals surface area contributed by atoms with Gasteiger partial charge in [0.1, 0.15) is 54.6 Å². The van der Waals surface area contributed by atoms with E-state index in [0.29, 0.717) is 38.5 Å². The van der Waals surface area contributed by atoms with Gasteiger partial charge in [0.15, 0.2) is 6.23 Å². The summed E-state index contributed by atoms with van der Waals surface area (Å²) in [7, 11) is 0. The molecule has 10 atom stereocenters. The molecule has 2 heterocycles. The van der Waals surface area contributed by atoms with Crippen LogP contribution in [0.4, 0.5) is 4.79 Å². The van der Waals surface area contributed by atoms with E-state index in [-0.39, 0.29) is 142 Å². The smallest absolute Gasteiger partial charge is 0.326 e. The van der Waals surface area contributed by atoms with E-state index >= 15 is 0 Å². The highest BCUT2D eigenvalue weighted by Crippen LogP contribution is 2.29. The maximum absolute atomic E-state index is 14.6. The Bertz CT molecular complexity index is 3830. The number of ether oxygens (including phenoxy) is 1. The van der Waals surface area contributed by atoms with Crippen LogP contribution < -0.4 is 53.2 Å². The molecule has 117 heavy (non-hydrogen) atoms. The molecule has 3 aromatic carbocycles. The molecule has 39 nitrogen and oxygen atoms in total. The van der Waals surface area contributed by atoms with Crippen molar-refractivity contribution in [1.82, 2.24) is 72.8 Å². The summed E-state index contributed by atoms with van der Waals surface area (Å²) >= 11 is 2.17. The van der Waals surface area contributed by atoms with Crippen LogP contribution in [0.25, 0.3) is 10.8 Å². The average molecular weight is 1760 g/mol. The van der Waals surface area contributed by atoms with Crippen molar-refractivity contribution in [3.8, 4) is 0 Å². The predicted octanol–water partition coefficient (Wildman–Crippen LogP) is -2.04. The van der Waals surface area contributed by atoms with Gasteiger partial charge in [-0.25, -0.2) is 14.4 Å². The number of aryl methyl sites for hydroxylation is 1. The second-order valence-electron chi connectivity index (χ2n) is 29.6. The summed E-state index contributed by atoms with van der Waals surface area (Å²) in [4.78, 5) is 201. The Morgan fingerprint density at radius 1 is 0.487 bits per heavy atom. The lowest BCUT2D eigenvalue weighted by Crippen LogP contribution is -2.68. The van der Waals surface area contributed by atoms with E-state index in [1.807, 2.05) is 66.7 Å². The number of carbonyl (C=O) groups excluding carboxylic acids is 9. The number of unbranched alkanes of at least 4 members (excludes halogenated alkanes) is 2. The lowest BCUT2D eigenvalue weighted by Gasteiger charge is -2.42. The number of carboxylic acid groups (broad SMARTS) is 6. The minimum atomic E-state index is -1.72. The van der Waals surface area contributed by atoms with Gasteiger partial charge in [-0.2, -0.15) is 0 Å². The number of nitrogens with one attached hydrogen (secondary N) is 10. The minimum absolute atomic E-state index is 0.0180. The van der Waals surface area contributed by atoms with Gasteiger partial charge in [0.25, 0.3) is 0 Å². The third kappa shape index (κ3) is 35.5. The third-order valence-electron chi connectivity index (χ3n) is 20.4. The normalized spacial score (nSPS) is 20.4. The summed E-state index contributed by atoms with van der Waals surface area (Å²) in [6.07, 6.45) is -4.97. The number of carbonyl (C=O) groups is 15. The maximum Gasteiger partial charge on any atom is 0.326 e. The van der Waals surface area contributed by atoms with Gasteiger partial charge < -0.3 is 104 Å². The molecule has 19 N–H and O–H groups in total. The molecule has 1 saturated carbocycles. The van der Waals surface area contributed by atoms with Crippen LogP contribution in [0, 0.1) is 15.4 Å². The van der Waals surface area contributed by atoms with Crippen LogP contribution >= 0.6 is 22.6 Å². The molecule has 1 aliphatic carbocycles. The fraction of sp³-hybridized carbons (Fsp3) is 0.597. The maximum atomic E-state index is 14.6. The largest absolute Gasteiger partial charge is 0.481 e. The monoisotopic (exact) mass is 1760 g/mol. The molecular weight excluding hydrogens is 1650 g/mol. The Hall–Kier alpha value is -9.82. The number of aliphatic carboxylic acids is 6. The molecule has 5 unspecified atom stereocenters. The van der Waals surface area contributed by atoms with Crippen molar-refractivity contribution in [2.45, 2.75) is 177 Å². The van der Waals surface area contributed by atoms with Gasteiger partial charge in [0.05, 0.1) is 39.2 Å². The van der Waals surface area contributed by atoms with E-state index in [1.54, 1.807) is 19.6 Å².